The van der Waals surface area contributed by atoms with Crippen molar-refractivity contribution in [1.29, 1.82) is 0 Å². The van der Waals surface area contributed by atoms with Crippen molar-refractivity contribution in [3.63, 3.8) is 0 Å². The number of fused-ring (bicyclic) bond motifs is 1. The summed E-state index contributed by atoms with van der Waals surface area (Å²) in [6.07, 6.45) is 4.06. The van der Waals surface area contributed by atoms with Gasteiger partial charge in [0, 0.05) is 51.4 Å². The van der Waals surface area contributed by atoms with Crippen LogP contribution in [0.3, 0.4) is 0 Å². The highest BCUT2D eigenvalue weighted by Gasteiger charge is 2.21. The number of aliphatic imine (C=N–C) groups is 1. The van der Waals surface area contributed by atoms with Gasteiger partial charge >= 0.3 is 0 Å². The Morgan fingerprint density at radius 1 is 1.15 bits per heavy atom. The summed E-state index contributed by atoms with van der Waals surface area (Å²) >= 11 is 0. The number of anilines is 2. The van der Waals surface area contributed by atoms with E-state index in [0.29, 0.717) is 12.6 Å². The predicted octanol–water partition coefficient (Wildman–Crippen LogP) is 3.73. The van der Waals surface area contributed by atoms with Crippen LogP contribution in [0.15, 0.2) is 53.7 Å². The first kappa shape index (κ1) is 22.8. The summed E-state index contributed by atoms with van der Waals surface area (Å²) in [6, 6.07) is 15.1. The molecule has 0 amide bonds. The van der Waals surface area contributed by atoms with Crippen molar-refractivity contribution in [2.75, 3.05) is 43.5 Å². The normalized spacial score (nSPS) is 15.0. The summed E-state index contributed by atoms with van der Waals surface area (Å²) in [7, 11) is 4.04. The lowest BCUT2D eigenvalue weighted by Crippen LogP contribution is -2.48. The van der Waals surface area contributed by atoms with E-state index in [4.69, 9.17) is 9.98 Å². The fourth-order valence-corrected chi connectivity index (χ4v) is 4.17. The van der Waals surface area contributed by atoms with Gasteiger partial charge in [-0.25, -0.2) is 15.0 Å². The standard InChI is InChI=1S/C26H35N7/c1-5-27-26(30-21-12-14-33(15-13-21)24-11-10-19(2)17-28-24)29-18-20-16-25(32(3)4)31-23-9-7-6-8-22(20)23/h6-11,16-17,21H,5,12-15,18H2,1-4H3,(H2,27,29,30). The maximum atomic E-state index is 4.94. The topological polar surface area (TPSA) is 68.7 Å². The maximum absolute atomic E-state index is 4.94. The lowest BCUT2D eigenvalue weighted by atomic mass is 10.1. The summed E-state index contributed by atoms with van der Waals surface area (Å²) in [4.78, 5) is 18.7. The first-order chi connectivity index (χ1) is 16.0. The van der Waals surface area contributed by atoms with Crippen LogP contribution in [-0.2, 0) is 6.54 Å². The summed E-state index contributed by atoms with van der Waals surface area (Å²) in [5.41, 5.74) is 3.38. The van der Waals surface area contributed by atoms with Crippen molar-refractivity contribution in [2.45, 2.75) is 39.3 Å². The van der Waals surface area contributed by atoms with Crippen LogP contribution in [-0.4, -0.2) is 55.7 Å². The van der Waals surface area contributed by atoms with Crippen LogP contribution in [0.4, 0.5) is 11.6 Å². The number of para-hydroxylation sites is 1. The Bertz CT molecular complexity index is 1080. The lowest BCUT2D eigenvalue weighted by Gasteiger charge is -2.33. The van der Waals surface area contributed by atoms with Gasteiger partial charge in [0.1, 0.15) is 11.6 Å². The number of aryl methyl sites for hydroxylation is 1. The number of nitrogens with one attached hydrogen (secondary N) is 2. The highest BCUT2D eigenvalue weighted by molar-refractivity contribution is 5.85. The van der Waals surface area contributed by atoms with Crippen molar-refractivity contribution in [3.05, 3.63) is 59.8 Å². The van der Waals surface area contributed by atoms with E-state index in [1.165, 1.54) is 11.1 Å². The van der Waals surface area contributed by atoms with Gasteiger partial charge in [0.25, 0.3) is 0 Å². The first-order valence-corrected chi connectivity index (χ1v) is 11.8. The fourth-order valence-electron chi connectivity index (χ4n) is 4.17. The lowest BCUT2D eigenvalue weighted by molar-refractivity contribution is 0.459. The summed E-state index contributed by atoms with van der Waals surface area (Å²) in [5, 5.41) is 8.24. The molecule has 0 saturated carbocycles. The minimum Gasteiger partial charge on any atom is -0.363 e. The molecule has 7 nitrogen and oxygen atoms in total. The number of hydrogen-bond donors (Lipinski definition) is 2. The molecule has 174 valence electrons. The molecule has 0 spiro atoms. The number of hydrogen-bond acceptors (Lipinski definition) is 5. The first-order valence-electron chi connectivity index (χ1n) is 11.8. The van der Waals surface area contributed by atoms with E-state index < -0.39 is 0 Å². The third-order valence-electron chi connectivity index (χ3n) is 6.05. The molecule has 3 heterocycles. The highest BCUT2D eigenvalue weighted by atomic mass is 15.2. The summed E-state index contributed by atoms with van der Waals surface area (Å²) in [5.74, 6) is 2.89. The van der Waals surface area contributed by atoms with E-state index in [9.17, 15) is 0 Å². The van der Waals surface area contributed by atoms with Crippen LogP contribution in [0, 0.1) is 6.92 Å². The Morgan fingerprint density at radius 3 is 2.64 bits per heavy atom. The minimum atomic E-state index is 0.399. The van der Waals surface area contributed by atoms with Crippen LogP contribution < -0.4 is 20.4 Å². The molecule has 7 heteroatoms. The van der Waals surface area contributed by atoms with Gasteiger partial charge in [0.05, 0.1) is 12.1 Å². The number of benzene rings is 1. The molecule has 0 unspecified atom stereocenters. The molecule has 0 bridgehead atoms. The van der Waals surface area contributed by atoms with Crippen LogP contribution in [0.2, 0.25) is 0 Å². The molecule has 0 radical (unpaired) electrons. The molecule has 1 saturated heterocycles. The van der Waals surface area contributed by atoms with Gasteiger partial charge in [-0.1, -0.05) is 24.3 Å². The molecule has 4 rings (SSSR count). The Morgan fingerprint density at radius 2 is 1.94 bits per heavy atom. The molecule has 1 fully saturated rings. The van der Waals surface area contributed by atoms with Crippen LogP contribution in [0.25, 0.3) is 10.9 Å². The maximum Gasteiger partial charge on any atom is 0.191 e. The van der Waals surface area contributed by atoms with Gasteiger partial charge in [-0.3, -0.25) is 0 Å². The van der Waals surface area contributed by atoms with Gasteiger partial charge in [0.15, 0.2) is 5.96 Å². The van der Waals surface area contributed by atoms with E-state index in [0.717, 1.165) is 61.0 Å². The summed E-state index contributed by atoms with van der Waals surface area (Å²) < 4.78 is 0. The average molecular weight is 446 g/mol. The second-order valence-corrected chi connectivity index (χ2v) is 8.85. The number of nitrogens with zero attached hydrogens (tertiary/aromatic N) is 5. The highest BCUT2D eigenvalue weighted by Crippen LogP contribution is 2.23. The van der Waals surface area contributed by atoms with Gasteiger partial charge in [-0.05, 0) is 56.0 Å². The van der Waals surface area contributed by atoms with Crippen molar-refractivity contribution >= 4 is 28.5 Å². The van der Waals surface area contributed by atoms with Crippen LogP contribution in [0.5, 0.6) is 0 Å². The zero-order valence-corrected chi connectivity index (χ0v) is 20.2. The van der Waals surface area contributed by atoms with Crippen molar-refractivity contribution < 1.29 is 0 Å². The molecular weight excluding hydrogens is 410 g/mol. The monoisotopic (exact) mass is 445 g/mol. The molecule has 1 aromatic carbocycles. The molecule has 1 aliphatic rings. The number of rotatable bonds is 6. The fraction of sp³-hybridized carbons (Fsp3) is 0.423. The second-order valence-electron chi connectivity index (χ2n) is 8.85. The number of pyridine rings is 2. The minimum absolute atomic E-state index is 0.399. The Kier molecular flexibility index (Phi) is 7.27. The molecule has 0 aliphatic carbocycles. The van der Waals surface area contributed by atoms with Crippen molar-refractivity contribution in [3.8, 4) is 0 Å². The van der Waals surface area contributed by atoms with E-state index in [2.05, 4.69) is 70.8 Å². The summed E-state index contributed by atoms with van der Waals surface area (Å²) in [6.45, 7) is 7.60. The molecule has 2 N–H and O–H groups in total. The largest absolute Gasteiger partial charge is 0.363 e. The van der Waals surface area contributed by atoms with Gasteiger partial charge in [-0.15, -0.1) is 0 Å². The Hall–Kier alpha value is -3.35. The quantitative estimate of drug-likeness (QED) is 0.445. The molecule has 33 heavy (non-hydrogen) atoms. The second kappa shape index (κ2) is 10.5. The number of piperidine rings is 1. The average Bonchev–Trinajstić information content (AvgIpc) is 2.83. The molecule has 2 aromatic heterocycles. The number of guanidine groups is 1. The van der Waals surface area contributed by atoms with E-state index in [1.54, 1.807) is 0 Å². The van der Waals surface area contributed by atoms with Gasteiger partial charge in [0.2, 0.25) is 0 Å². The smallest absolute Gasteiger partial charge is 0.191 e. The van der Waals surface area contributed by atoms with Crippen molar-refractivity contribution in [2.24, 2.45) is 4.99 Å². The number of aromatic nitrogens is 2. The third-order valence-corrected chi connectivity index (χ3v) is 6.05. The van der Waals surface area contributed by atoms with Crippen LogP contribution >= 0.6 is 0 Å². The van der Waals surface area contributed by atoms with Gasteiger partial charge in [-0.2, -0.15) is 0 Å². The SMILES string of the molecule is CCNC(=NCc1cc(N(C)C)nc2ccccc12)NC1CCN(c2ccc(C)cn2)CC1. The Labute approximate surface area is 196 Å². The van der Waals surface area contributed by atoms with E-state index >= 15 is 0 Å². The van der Waals surface area contributed by atoms with Crippen LogP contribution in [0.1, 0.15) is 30.9 Å². The van der Waals surface area contributed by atoms with E-state index in [1.807, 2.05) is 31.3 Å². The molecule has 1 aliphatic heterocycles. The van der Waals surface area contributed by atoms with E-state index in [-0.39, 0.29) is 0 Å². The third kappa shape index (κ3) is 5.72. The molecule has 3 aromatic rings. The molecule has 0 atom stereocenters. The Balaban J connectivity index is 1.44. The zero-order chi connectivity index (χ0) is 23.2. The molecular formula is C26H35N7. The predicted molar refractivity (Wildman–Crippen MR) is 138 cm³/mol. The zero-order valence-electron chi connectivity index (χ0n) is 20.2. The van der Waals surface area contributed by atoms with Crippen molar-refractivity contribution in [1.82, 2.24) is 20.6 Å². The van der Waals surface area contributed by atoms with Gasteiger partial charge < -0.3 is 20.4 Å².